The zero-order chi connectivity index (χ0) is 17.7. The van der Waals surface area contributed by atoms with Crippen LogP contribution in [0.3, 0.4) is 0 Å². The highest BCUT2D eigenvalue weighted by Gasteiger charge is 2.20. The van der Waals surface area contributed by atoms with Gasteiger partial charge < -0.3 is 9.84 Å². The third kappa shape index (κ3) is 6.35. The van der Waals surface area contributed by atoms with Crippen molar-refractivity contribution >= 4 is 0 Å². The van der Waals surface area contributed by atoms with Gasteiger partial charge in [0.05, 0.1) is 7.11 Å². The normalized spacial score (nSPS) is 11.4. The molecule has 2 aromatic carbocycles. The molecule has 0 aromatic heterocycles. The maximum atomic E-state index is 8.63. The fourth-order valence-corrected chi connectivity index (χ4v) is 2.01. The van der Waals surface area contributed by atoms with E-state index >= 15 is 0 Å². The van der Waals surface area contributed by atoms with E-state index in [0.717, 1.165) is 5.75 Å². The van der Waals surface area contributed by atoms with Gasteiger partial charge >= 0.3 is 0 Å². The fourth-order valence-electron chi connectivity index (χ4n) is 2.01. The van der Waals surface area contributed by atoms with E-state index < -0.39 is 0 Å². The molecular weight excluding hydrogens is 284 g/mol. The van der Waals surface area contributed by atoms with Crippen molar-refractivity contribution in [3.8, 4) is 11.5 Å². The Morgan fingerprint density at radius 1 is 0.739 bits per heavy atom. The van der Waals surface area contributed by atoms with Crippen LogP contribution in [0.1, 0.15) is 52.7 Å². The Bertz CT molecular complexity index is 570. The number of hydrogen-bond donors (Lipinski definition) is 1. The highest BCUT2D eigenvalue weighted by Crippen LogP contribution is 2.32. The van der Waals surface area contributed by atoms with Crippen LogP contribution in [0.4, 0.5) is 0 Å². The molecule has 0 atom stereocenters. The number of methoxy groups -OCH3 is 1. The van der Waals surface area contributed by atoms with Gasteiger partial charge in [0.2, 0.25) is 0 Å². The van der Waals surface area contributed by atoms with Gasteiger partial charge in [0.15, 0.2) is 0 Å². The lowest BCUT2D eigenvalue weighted by Gasteiger charge is -2.25. The van der Waals surface area contributed by atoms with Crippen LogP contribution >= 0.6 is 0 Å². The summed E-state index contributed by atoms with van der Waals surface area (Å²) in [5, 5.41) is 8.63. The molecule has 0 aliphatic rings. The molecule has 0 heterocycles. The fraction of sp³-hybridized carbons (Fsp3) is 0.429. The Morgan fingerprint density at radius 3 is 1.43 bits per heavy atom. The minimum atomic E-state index is 0.161. The molecule has 0 spiro atoms. The second kappa shape index (κ2) is 7.54. The van der Waals surface area contributed by atoms with E-state index in [4.69, 9.17) is 9.84 Å². The second-order valence-corrected chi connectivity index (χ2v) is 7.79. The topological polar surface area (TPSA) is 29.5 Å². The summed E-state index contributed by atoms with van der Waals surface area (Å²) in [4.78, 5) is 0. The minimum absolute atomic E-state index is 0.161. The lowest BCUT2D eigenvalue weighted by atomic mass is 9.80. The first kappa shape index (κ1) is 19.1. The monoisotopic (exact) mass is 314 g/mol. The number of phenols is 1. The second-order valence-electron chi connectivity index (χ2n) is 7.79. The van der Waals surface area contributed by atoms with E-state index in [9.17, 15) is 0 Å². The average molecular weight is 314 g/mol. The van der Waals surface area contributed by atoms with E-state index in [-0.39, 0.29) is 10.8 Å². The van der Waals surface area contributed by atoms with Crippen molar-refractivity contribution in [1.29, 1.82) is 0 Å². The molecule has 0 bridgehead atoms. The molecule has 1 N–H and O–H groups in total. The summed E-state index contributed by atoms with van der Waals surface area (Å²) in [6.07, 6.45) is 0. The van der Waals surface area contributed by atoms with Gasteiger partial charge in [0, 0.05) is 0 Å². The Morgan fingerprint density at radius 2 is 1.17 bits per heavy atom. The van der Waals surface area contributed by atoms with Crippen LogP contribution in [0.5, 0.6) is 11.5 Å². The van der Waals surface area contributed by atoms with Crippen LogP contribution in [0, 0.1) is 0 Å². The van der Waals surface area contributed by atoms with Crippen LogP contribution in [-0.2, 0) is 10.8 Å². The molecule has 2 heteroatoms. The summed E-state index contributed by atoms with van der Waals surface area (Å²) >= 11 is 0. The smallest absolute Gasteiger partial charge is 0.119 e. The SMILES string of the molecule is COc1cc(C(C)(C)C)cc(C(C)(C)C)c1.Oc1ccccc1. The molecule has 2 nitrogen and oxygen atoms in total. The van der Waals surface area contributed by atoms with E-state index in [2.05, 4.69) is 59.7 Å². The number of benzene rings is 2. The zero-order valence-electron chi connectivity index (χ0n) is 15.5. The molecule has 2 aromatic rings. The summed E-state index contributed by atoms with van der Waals surface area (Å²) < 4.78 is 5.39. The summed E-state index contributed by atoms with van der Waals surface area (Å²) in [6.45, 7) is 13.4. The maximum Gasteiger partial charge on any atom is 0.119 e. The number of ether oxygens (including phenoxy) is 1. The summed E-state index contributed by atoms with van der Waals surface area (Å²) in [6, 6.07) is 15.3. The molecule has 0 saturated heterocycles. The number of rotatable bonds is 1. The van der Waals surface area contributed by atoms with Crippen molar-refractivity contribution in [1.82, 2.24) is 0 Å². The van der Waals surface area contributed by atoms with E-state index in [0.29, 0.717) is 5.75 Å². The third-order valence-electron chi connectivity index (χ3n) is 3.63. The molecule has 0 fully saturated rings. The Hall–Kier alpha value is -1.96. The quantitative estimate of drug-likeness (QED) is 0.733. The minimum Gasteiger partial charge on any atom is -0.508 e. The largest absolute Gasteiger partial charge is 0.508 e. The number of phenolic OH excluding ortho intramolecular Hbond substituents is 1. The van der Waals surface area contributed by atoms with Crippen LogP contribution in [0.2, 0.25) is 0 Å². The molecule has 0 aliphatic heterocycles. The number of aromatic hydroxyl groups is 1. The molecule has 0 saturated carbocycles. The summed E-state index contributed by atoms with van der Waals surface area (Å²) in [5.41, 5.74) is 2.98. The van der Waals surface area contributed by atoms with Gasteiger partial charge in [-0.15, -0.1) is 0 Å². The highest BCUT2D eigenvalue weighted by atomic mass is 16.5. The van der Waals surface area contributed by atoms with Crippen molar-refractivity contribution in [2.45, 2.75) is 52.4 Å². The molecule has 0 aliphatic carbocycles. The van der Waals surface area contributed by atoms with Crippen LogP contribution in [-0.4, -0.2) is 12.2 Å². The molecule has 126 valence electrons. The van der Waals surface area contributed by atoms with Crippen molar-refractivity contribution in [2.75, 3.05) is 7.11 Å². The average Bonchev–Trinajstić information content (AvgIpc) is 2.46. The molecule has 23 heavy (non-hydrogen) atoms. The van der Waals surface area contributed by atoms with Crippen molar-refractivity contribution in [3.05, 3.63) is 59.7 Å². The van der Waals surface area contributed by atoms with E-state index in [1.165, 1.54) is 11.1 Å². The van der Waals surface area contributed by atoms with E-state index in [1.54, 1.807) is 31.4 Å². The van der Waals surface area contributed by atoms with Gasteiger partial charge in [-0.05, 0) is 46.2 Å². The molecule has 0 radical (unpaired) electrons. The standard InChI is InChI=1S/C15H24O.C6H6O/c1-14(2,3)11-8-12(15(4,5)6)10-13(9-11)16-7;7-6-4-2-1-3-5-6/h8-10H,1-7H3;1-5,7H. The van der Waals surface area contributed by atoms with Gasteiger partial charge in [-0.25, -0.2) is 0 Å². The van der Waals surface area contributed by atoms with Gasteiger partial charge in [-0.3, -0.25) is 0 Å². The first-order valence-electron chi connectivity index (χ1n) is 7.98. The zero-order valence-corrected chi connectivity index (χ0v) is 15.5. The molecule has 0 amide bonds. The molecule has 0 unspecified atom stereocenters. The van der Waals surface area contributed by atoms with Crippen LogP contribution < -0.4 is 4.74 Å². The Kier molecular flexibility index (Phi) is 6.26. The van der Waals surface area contributed by atoms with Crippen molar-refractivity contribution in [3.63, 3.8) is 0 Å². The molecule has 2 rings (SSSR count). The Balaban J connectivity index is 0.000000313. The van der Waals surface area contributed by atoms with Gasteiger partial charge in [0.1, 0.15) is 11.5 Å². The van der Waals surface area contributed by atoms with Gasteiger partial charge in [-0.1, -0.05) is 65.8 Å². The maximum absolute atomic E-state index is 8.63. The summed E-state index contributed by atoms with van der Waals surface area (Å²) in [7, 11) is 1.73. The third-order valence-corrected chi connectivity index (χ3v) is 3.63. The highest BCUT2D eigenvalue weighted by molar-refractivity contribution is 5.40. The van der Waals surface area contributed by atoms with Crippen molar-refractivity contribution in [2.24, 2.45) is 0 Å². The number of para-hydroxylation sites is 1. The molecular formula is C21H30O2. The van der Waals surface area contributed by atoms with Crippen LogP contribution in [0.15, 0.2) is 48.5 Å². The summed E-state index contributed by atoms with van der Waals surface area (Å²) in [5.74, 6) is 1.28. The van der Waals surface area contributed by atoms with Gasteiger partial charge in [0.25, 0.3) is 0 Å². The number of hydrogen-bond acceptors (Lipinski definition) is 2. The Labute approximate surface area is 141 Å². The van der Waals surface area contributed by atoms with Crippen LogP contribution in [0.25, 0.3) is 0 Å². The predicted molar refractivity (Wildman–Crippen MR) is 98.5 cm³/mol. The van der Waals surface area contributed by atoms with Crippen molar-refractivity contribution < 1.29 is 9.84 Å². The predicted octanol–water partition coefficient (Wildman–Crippen LogP) is 5.68. The lowest BCUT2D eigenvalue weighted by molar-refractivity contribution is 0.410. The van der Waals surface area contributed by atoms with Gasteiger partial charge in [-0.2, -0.15) is 0 Å². The first-order valence-corrected chi connectivity index (χ1v) is 7.98. The van der Waals surface area contributed by atoms with E-state index in [1.807, 2.05) is 6.07 Å². The first-order chi connectivity index (χ1) is 10.5. The lowest BCUT2D eigenvalue weighted by Crippen LogP contribution is -2.16.